The van der Waals surface area contributed by atoms with Gasteiger partial charge in [0, 0.05) is 37.8 Å². The summed E-state index contributed by atoms with van der Waals surface area (Å²) in [6.07, 6.45) is 17.9. The third-order valence-electron chi connectivity index (χ3n) is 16.9. The van der Waals surface area contributed by atoms with Crippen molar-refractivity contribution < 1.29 is 41.9 Å². The molecule has 0 spiro atoms. The van der Waals surface area contributed by atoms with Crippen molar-refractivity contribution in [3.63, 3.8) is 0 Å². The van der Waals surface area contributed by atoms with Crippen LogP contribution < -0.4 is 58.1 Å². The first kappa shape index (κ1) is 43.9. The van der Waals surface area contributed by atoms with Crippen LogP contribution in [0.1, 0.15) is 78.3 Å². The molecule has 1 atom stereocenters. The van der Waals surface area contributed by atoms with E-state index in [4.69, 9.17) is 14.5 Å². The van der Waals surface area contributed by atoms with Crippen molar-refractivity contribution in [2.75, 3.05) is 69.0 Å². The van der Waals surface area contributed by atoms with Gasteiger partial charge in [0.25, 0.3) is 17.2 Å². The predicted octanol–water partition coefficient (Wildman–Crippen LogP) is 9.91. The molecule has 17 rings (SSSR count). The molecule has 1 unspecified atom stereocenters. The zero-order chi connectivity index (χ0) is 49.2. The van der Waals surface area contributed by atoms with Gasteiger partial charge in [-0.25, -0.2) is 27.9 Å². The van der Waals surface area contributed by atoms with Crippen molar-refractivity contribution in [2.45, 2.75) is 83.5 Å². The van der Waals surface area contributed by atoms with Gasteiger partial charge in [0.2, 0.25) is 17.1 Å². The maximum atomic E-state index is 15.7. The second-order valence-electron chi connectivity index (χ2n) is 21.4. The number of rotatable bonds is 0. The van der Waals surface area contributed by atoms with Crippen LogP contribution >= 0.6 is 0 Å². The molecule has 13 heterocycles. The molecular formula is C59H57F3N9O3+3. The Balaban J connectivity index is 0.826. The summed E-state index contributed by atoms with van der Waals surface area (Å²) in [5, 5.41) is 0. The van der Waals surface area contributed by atoms with Crippen LogP contribution in [0.2, 0.25) is 0 Å². The Morgan fingerprint density at radius 2 is 0.797 bits per heavy atom. The van der Waals surface area contributed by atoms with Crippen molar-refractivity contribution in [1.82, 2.24) is 0 Å². The molecule has 374 valence electrons. The van der Waals surface area contributed by atoms with Crippen molar-refractivity contribution >= 4 is 51.6 Å². The lowest BCUT2D eigenvalue weighted by atomic mass is 9.88. The Morgan fingerprint density at radius 1 is 0.392 bits per heavy atom. The normalized spacial score (nSPS) is 19.1. The molecule has 0 radical (unpaired) electrons. The zero-order valence-corrected chi connectivity index (χ0v) is 41.3. The van der Waals surface area contributed by atoms with E-state index in [0.29, 0.717) is 25.9 Å². The second-order valence-corrected chi connectivity index (χ2v) is 21.4. The molecule has 16 bridgehead atoms. The molecule has 0 fully saturated rings. The van der Waals surface area contributed by atoms with Gasteiger partial charge in [-0.3, -0.25) is 14.5 Å². The quantitative estimate of drug-likeness (QED) is 0.138. The number of benzene rings is 4. The van der Waals surface area contributed by atoms with Gasteiger partial charge in [0.1, 0.15) is 18.6 Å². The van der Waals surface area contributed by atoms with Gasteiger partial charge in [-0.2, -0.15) is 0 Å². The van der Waals surface area contributed by atoms with Crippen LogP contribution in [0.3, 0.4) is 0 Å². The number of hydrogen-bond donors (Lipinski definition) is 0. The van der Waals surface area contributed by atoms with Crippen LogP contribution in [0.4, 0.5) is 64.7 Å². The summed E-state index contributed by atoms with van der Waals surface area (Å²) in [5.41, 5.74) is 13.0. The molecule has 15 heteroatoms. The first-order valence-electron chi connectivity index (χ1n) is 26.7. The lowest BCUT2D eigenvalue weighted by molar-refractivity contribution is -0.866. The molecule has 0 amide bonds. The highest BCUT2D eigenvalue weighted by molar-refractivity contribution is 5.88. The second kappa shape index (κ2) is 17.2. The number of halogens is 3. The van der Waals surface area contributed by atoms with Crippen LogP contribution in [0, 0.1) is 23.4 Å². The highest BCUT2D eigenvalue weighted by Crippen LogP contribution is 2.52. The fourth-order valence-electron chi connectivity index (χ4n) is 13.1. The number of pyridine rings is 3. The smallest absolute Gasteiger partial charge is 0.323 e. The molecule has 0 aliphatic carbocycles. The molecule has 0 N–H and O–H groups in total. The van der Waals surface area contributed by atoms with Crippen molar-refractivity contribution in [3.8, 4) is 17.2 Å². The topological polar surface area (TPSA) is 58.8 Å². The van der Waals surface area contributed by atoms with E-state index >= 15 is 13.2 Å². The lowest BCUT2D eigenvalue weighted by Gasteiger charge is -2.22. The summed E-state index contributed by atoms with van der Waals surface area (Å²) in [6, 6.07) is 30.5. The Kier molecular flexibility index (Phi) is 10.2. The van der Waals surface area contributed by atoms with Crippen molar-refractivity contribution in [3.05, 3.63) is 160 Å². The van der Waals surface area contributed by atoms with Gasteiger partial charge >= 0.3 is 17.5 Å². The largest absolute Gasteiger partial charge is 0.332 e. The Labute approximate surface area is 428 Å². The van der Waals surface area contributed by atoms with Gasteiger partial charge in [0.05, 0.1) is 17.1 Å². The van der Waals surface area contributed by atoms with Crippen LogP contribution in [0.25, 0.3) is 0 Å². The minimum absolute atomic E-state index is 0.269. The van der Waals surface area contributed by atoms with Crippen LogP contribution in [0.15, 0.2) is 110 Å². The van der Waals surface area contributed by atoms with Gasteiger partial charge in [-0.1, -0.05) is 24.6 Å². The summed E-state index contributed by atoms with van der Waals surface area (Å²) in [6.45, 7) is 4.23. The summed E-state index contributed by atoms with van der Waals surface area (Å²) >= 11 is 0. The highest BCUT2D eigenvalue weighted by atomic mass is 19.1. The first-order valence-corrected chi connectivity index (χ1v) is 26.7. The SMILES string of the molecule is Fc1ccc2c3c1O[n+]1ccc4cc1N3CN2CCCc1ccc2c(c1)CCCN1CN3c5c1ccc(F)c5O[n+]1ccc(cc13)CCCC(CC4)CCc1cc[n+]3c(c1)N1CN(CCC2)c2ccc(F)c(c21)O3. The summed E-state index contributed by atoms with van der Waals surface area (Å²) < 4.78 is 52.1. The Morgan fingerprint density at radius 3 is 1.27 bits per heavy atom. The molecule has 4 aromatic carbocycles. The van der Waals surface area contributed by atoms with Crippen molar-refractivity contribution in [1.29, 1.82) is 0 Å². The van der Waals surface area contributed by atoms with Crippen LogP contribution in [-0.2, 0) is 38.5 Å². The summed E-state index contributed by atoms with van der Waals surface area (Å²) in [7, 11) is 0. The maximum Gasteiger partial charge on any atom is 0.323 e. The number of aryl methyl sites for hydroxylation is 6. The summed E-state index contributed by atoms with van der Waals surface area (Å²) in [5.74, 6) is 2.84. The van der Waals surface area contributed by atoms with Crippen molar-refractivity contribution in [2.24, 2.45) is 5.92 Å². The summed E-state index contributed by atoms with van der Waals surface area (Å²) in [4.78, 5) is 32.8. The van der Waals surface area contributed by atoms with E-state index in [1.807, 2.05) is 36.8 Å². The van der Waals surface area contributed by atoms with Gasteiger partial charge in [-0.15, -0.1) is 0 Å². The van der Waals surface area contributed by atoms with Gasteiger partial charge in [-0.05, 0) is 185 Å². The molecular weight excluding hydrogens is 940 g/mol. The minimum Gasteiger partial charge on any atom is -0.332 e. The molecule has 0 saturated carbocycles. The maximum absolute atomic E-state index is 15.7. The fourth-order valence-corrected chi connectivity index (χ4v) is 13.1. The molecule has 74 heavy (non-hydrogen) atoms. The number of aromatic nitrogens is 3. The van der Waals surface area contributed by atoms with Gasteiger partial charge < -0.3 is 14.7 Å². The average molecular weight is 997 g/mol. The third-order valence-corrected chi connectivity index (χ3v) is 16.9. The third kappa shape index (κ3) is 7.20. The van der Waals surface area contributed by atoms with E-state index in [9.17, 15) is 0 Å². The molecule has 7 aromatic rings. The van der Waals surface area contributed by atoms with E-state index in [1.165, 1.54) is 51.6 Å². The zero-order valence-electron chi connectivity index (χ0n) is 41.3. The predicted molar refractivity (Wildman–Crippen MR) is 275 cm³/mol. The van der Waals surface area contributed by atoms with E-state index in [-0.39, 0.29) is 34.7 Å². The Hall–Kier alpha value is -7.68. The monoisotopic (exact) mass is 996 g/mol. The number of hydrogen-bond acceptors (Lipinski definition) is 9. The molecule has 10 aliphatic rings. The fraction of sp³-hybridized carbons (Fsp3) is 0.339. The average Bonchev–Trinajstić information content (AvgIpc) is 4.13. The minimum atomic E-state index is -0.365. The Bertz CT molecular complexity index is 3460. The van der Waals surface area contributed by atoms with Gasteiger partial charge in [0.15, 0.2) is 37.5 Å². The van der Waals surface area contributed by atoms with E-state index < -0.39 is 0 Å². The van der Waals surface area contributed by atoms with Crippen LogP contribution in [-0.4, -0.2) is 39.6 Å². The van der Waals surface area contributed by atoms with E-state index in [2.05, 4.69) is 84.0 Å². The molecule has 0 saturated heterocycles. The highest BCUT2D eigenvalue weighted by Gasteiger charge is 2.47. The van der Waals surface area contributed by atoms with E-state index in [0.717, 1.165) is 155 Å². The van der Waals surface area contributed by atoms with Crippen LogP contribution in [0.5, 0.6) is 17.2 Å². The number of nitrogens with zero attached hydrogens (tertiary/aromatic N) is 9. The lowest BCUT2D eigenvalue weighted by Crippen LogP contribution is -2.48. The molecule has 12 nitrogen and oxygen atoms in total. The number of fused-ring (bicyclic) bond motifs is 5. The molecule has 3 aromatic heterocycles. The standard InChI is InChI=1S/C59H57F3N9O3/c60-45-16-19-48-54-57(45)73-70-29-23-41-12-10-38-5-1-6-40-22-28-69-51(32-40)66-37-65(50-21-18-46(61)58(72-69)55(50)66)27-4-9-44-31-39(7-2-25-63(48)35-67(54)52(70)33-41)14-15-43(44)8-3-26-64-36-68-53-34-42(13-11-38)24-30-71(53)74-59-47(62)17-20-49(64)56(59)68/h14-24,28-34,38H,1-13,25-27,35-37H2/q+3. The van der Waals surface area contributed by atoms with E-state index in [1.54, 1.807) is 14.2 Å². The molecule has 10 aliphatic heterocycles. The first-order chi connectivity index (χ1) is 36.3. The number of anilines is 9.